The second-order valence-corrected chi connectivity index (χ2v) is 13.9. The zero-order chi connectivity index (χ0) is 33.2. The van der Waals surface area contributed by atoms with Crippen molar-refractivity contribution in [3.05, 3.63) is 126 Å². The minimum Gasteiger partial charge on any atom is -0.497 e. The number of carbonyl (C=O) groups is 2. The highest BCUT2D eigenvalue weighted by Crippen LogP contribution is 2.28. The first-order chi connectivity index (χ1) is 22.8. The Hall–Kier alpha value is -4.63. The number of amides is 2. The first-order valence-corrected chi connectivity index (χ1v) is 17.6. The summed E-state index contributed by atoms with van der Waals surface area (Å²) in [6, 6.07) is 31.3. The number of benzene rings is 4. The lowest BCUT2D eigenvalue weighted by molar-refractivity contribution is -0.140. The van der Waals surface area contributed by atoms with E-state index in [1.807, 2.05) is 73.7 Å². The standard InChI is InChI=1S/C38H43N3O5S/c1-29-15-12-13-24-35(29)41(47(44,45)34-22-10-5-11-23-34)28-37(42)40(27-31-18-14-21-33(25-31)46-2)36(26-30-16-6-3-7-17-30)38(43)39-32-19-8-4-9-20-32/h3,5-7,10-18,21-25,32,36H,4,8-9,19-20,26-28H2,1-2H3,(H,39,43)/t36-/m0/s1. The minimum absolute atomic E-state index is 0.0326. The maximum absolute atomic E-state index is 14.7. The Balaban J connectivity index is 1.57. The van der Waals surface area contributed by atoms with E-state index in [4.69, 9.17) is 4.74 Å². The van der Waals surface area contributed by atoms with Crippen LogP contribution in [0.4, 0.5) is 5.69 Å². The molecular formula is C38H43N3O5S. The van der Waals surface area contributed by atoms with Gasteiger partial charge in [-0.15, -0.1) is 0 Å². The van der Waals surface area contributed by atoms with Crippen molar-refractivity contribution in [1.29, 1.82) is 0 Å². The van der Waals surface area contributed by atoms with Crippen LogP contribution in [0.15, 0.2) is 114 Å². The van der Waals surface area contributed by atoms with Gasteiger partial charge in [0.2, 0.25) is 11.8 Å². The van der Waals surface area contributed by atoms with Gasteiger partial charge in [0.1, 0.15) is 18.3 Å². The molecule has 1 saturated carbocycles. The summed E-state index contributed by atoms with van der Waals surface area (Å²) in [4.78, 5) is 30.6. The number of sulfonamides is 1. The van der Waals surface area contributed by atoms with Crippen molar-refractivity contribution >= 4 is 27.5 Å². The molecule has 0 unspecified atom stereocenters. The predicted molar refractivity (Wildman–Crippen MR) is 185 cm³/mol. The highest BCUT2D eigenvalue weighted by molar-refractivity contribution is 7.92. The van der Waals surface area contributed by atoms with E-state index in [1.165, 1.54) is 17.0 Å². The number of hydrogen-bond acceptors (Lipinski definition) is 5. The van der Waals surface area contributed by atoms with Gasteiger partial charge in [0, 0.05) is 19.0 Å². The Morgan fingerprint density at radius 1 is 0.830 bits per heavy atom. The van der Waals surface area contributed by atoms with E-state index in [-0.39, 0.29) is 29.8 Å². The van der Waals surface area contributed by atoms with Crippen molar-refractivity contribution in [2.24, 2.45) is 0 Å². The summed E-state index contributed by atoms with van der Waals surface area (Å²) in [5.41, 5.74) is 2.76. The molecule has 0 aromatic heterocycles. The van der Waals surface area contributed by atoms with Gasteiger partial charge in [-0.05, 0) is 66.8 Å². The third-order valence-electron chi connectivity index (χ3n) is 8.70. The molecule has 4 aromatic carbocycles. The predicted octanol–water partition coefficient (Wildman–Crippen LogP) is 6.29. The largest absolute Gasteiger partial charge is 0.497 e. The number of hydrogen-bond donors (Lipinski definition) is 1. The molecule has 0 radical (unpaired) electrons. The molecule has 0 aliphatic heterocycles. The van der Waals surface area contributed by atoms with Gasteiger partial charge in [-0.1, -0.05) is 98.1 Å². The molecular weight excluding hydrogens is 611 g/mol. The average Bonchev–Trinajstić information content (AvgIpc) is 3.10. The van der Waals surface area contributed by atoms with Crippen LogP contribution in [0, 0.1) is 6.92 Å². The minimum atomic E-state index is -4.15. The van der Waals surface area contributed by atoms with E-state index >= 15 is 0 Å². The summed E-state index contributed by atoms with van der Waals surface area (Å²) in [5, 5.41) is 3.24. The number of methoxy groups -OCH3 is 1. The van der Waals surface area contributed by atoms with Crippen LogP contribution in [0.25, 0.3) is 0 Å². The highest BCUT2D eigenvalue weighted by atomic mass is 32.2. The van der Waals surface area contributed by atoms with Crippen molar-refractivity contribution in [1.82, 2.24) is 10.2 Å². The smallest absolute Gasteiger partial charge is 0.264 e. The van der Waals surface area contributed by atoms with Crippen molar-refractivity contribution in [2.75, 3.05) is 18.0 Å². The van der Waals surface area contributed by atoms with Crippen LogP contribution >= 0.6 is 0 Å². The third-order valence-corrected chi connectivity index (χ3v) is 10.5. The molecule has 1 aliphatic carbocycles. The molecule has 9 heteroatoms. The van der Waals surface area contributed by atoms with Crippen LogP contribution in [0.2, 0.25) is 0 Å². The maximum atomic E-state index is 14.7. The number of nitrogens with one attached hydrogen (secondary N) is 1. The van der Waals surface area contributed by atoms with Gasteiger partial charge >= 0.3 is 0 Å². The van der Waals surface area contributed by atoms with Crippen LogP contribution < -0.4 is 14.4 Å². The Labute approximate surface area is 278 Å². The van der Waals surface area contributed by atoms with E-state index in [0.29, 0.717) is 17.0 Å². The van der Waals surface area contributed by atoms with Gasteiger partial charge in [0.25, 0.3) is 10.0 Å². The van der Waals surface area contributed by atoms with Crippen LogP contribution in [0.3, 0.4) is 0 Å². The van der Waals surface area contributed by atoms with Crippen molar-refractivity contribution in [2.45, 2.75) is 69.0 Å². The number of anilines is 1. The summed E-state index contributed by atoms with van der Waals surface area (Å²) in [6.45, 7) is 1.41. The first-order valence-electron chi connectivity index (χ1n) is 16.2. The number of aryl methyl sites for hydroxylation is 1. The van der Waals surface area contributed by atoms with E-state index in [9.17, 15) is 18.0 Å². The quantitative estimate of drug-likeness (QED) is 0.183. The zero-order valence-electron chi connectivity index (χ0n) is 27.0. The number of rotatable bonds is 13. The van der Waals surface area contributed by atoms with Crippen molar-refractivity contribution < 1.29 is 22.7 Å². The number of carbonyl (C=O) groups excluding carboxylic acids is 2. The van der Waals surface area contributed by atoms with Gasteiger partial charge in [0.15, 0.2) is 0 Å². The van der Waals surface area contributed by atoms with Gasteiger partial charge in [-0.25, -0.2) is 8.42 Å². The number of para-hydroxylation sites is 1. The Kier molecular flexibility index (Phi) is 11.3. The molecule has 47 heavy (non-hydrogen) atoms. The van der Waals surface area contributed by atoms with E-state index in [1.54, 1.807) is 37.4 Å². The number of ether oxygens (including phenoxy) is 1. The molecule has 1 N–H and O–H groups in total. The summed E-state index contributed by atoms with van der Waals surface area (Å²) >= 11 is 0. The summed E-state index contributed by atoms with van der Waals surface area (Å²) in [6.07, 6.45) is 5.29. The summed E-state index contributed by atoms with van der Waals surface area (Å²) in [5.74, 6) is -0.116. The lowest BCUT2D eigenvalue weighted by Crippen LogP contribution is -2.55. The van der Waals surface area contributed by atoms with Crippen molar-refractivity contribution in [3.8, 4) is 5.75 Å². The second-order valence-electron chi connectivity index (χ2n) is 12.0. The second kappa shape index (κ2) is 15.8. The fraction of sp³-hybridized carbons (Fsp3) is 0.316. The third kappa shape index (κ3) is 8.60. The lowest BCUT2D eigenvalue weighted by atomic mass is 9.94. The normalized spacial score (nSPS) is 14.2. The topological polar surface area (TPSA) is 96.0 Å². The van der Waals surface area contributed by atoms with Gasteiger partial charge < -0.3 is 15.0 Å². The van der Waals surface area contributed by atoms with E-state index < -0.39 is 28.5 Å². The molecule has 1 atom stereocenters. The SMILES string of the molecule is COc1cccc(CN(C(=O)CN(c2ccccc2C)S(=O)(=O)c2ccccc2)[C@@H](Cc2ccccc2)C(=O)NC2CCCCC2)c1. The molecule has 8 nitrogen and oxygen atoms in total. The molecule has 246 valence electrons. The van der Waals surface area contributed by atoms with Crippen LogP contribution in [0.5, 0.6) is 5.75 Å². The first kappa shape index (κ1) is 33.7. The van der Waals surface area contributed by atoms with Gasteiger partial charge in [-0.2, -0.15) is 0 Å². The Bertz CT molecular complexity index is 1740. The van der Waals surface area contributed by atoms with E-state index in [0.717, 1.165) is 47.5 Å². The molecule has 0 spiro atoms. The monoisotopic (exact) mass is 653 g/mol. The molecule has 5 rings (SSSR count). The molecule has 0 saturated heterocycles. The maximum Gasteiger partial charge on any atom is 0.264 e. The zero-order valence-corrected chi connectivity index (χ0v) is 27.9. The summed E-state index contributed by atoms with van der Waals surface area (Å²) < 4.78 is 35.0. The van der Waals surface area contributed by atoms with Gasteiger partial charge in [0.05, 0.1) is 17.7 Å². The fourth-order valence-corrected chi connectivity index (χ4v) is 7.64. The Morgan fingerprint density at radius 3 is 2.15 bits per heavy atom. The van der Waals surface area contributed by atoms with E-state index in [2.05, 4.69) is 5.32 Å². The fourth-order valence-electron chi connectivity index (χ4n) is 6.14. The lowest BCUT2D eigenvalue weighted by Gasteiger charge is -2.35. The average molecular weight is 654 g/mol. The molecule has 2 amide bonds. The molecule has 1 fully saturated rings. The molecule has 1 aliphatic rings. The Morgan fingerprint density at radius 2 is 1.47 bits per heavy atom. The van der Waals surface area contributed by atoms with Crippen molar-refractivity contribution in [3.63, 3.8) is 0 Å². The number of nitrogens with zero attached hydrogens (tertiary/aromatic N) is 2. The molecule has 0 heterocycles. The van der Waals surface area contributed by atoms with Crippen LogP contribution in [-0.4, -0.2) is 50.9 Å². The summed E-state index contributed by atoms with van der Waals surface area (Å²) in [7, 11) is -2.58. The highest BCUT2D eigenvalue weighted by Gasteiger charge is 2.35. The van der Waals surface area contributed by atoms with Gasteiger partial charge in [-0.3, -0.25) is 13.9 Å². The van der Waals surface area contributed by atoms with Crippen LogP contribution in [0.1, 0.15) is 48.8 Å². The van der Waals surface area contributed by atoms with Crippen LogP contribution in [-0.2, 0) is 32.6 Å². The molecule has 4 aromatic rings. The molecule has 0 bridgehead atoms.